The van der Waals surface area contributed by atoms with Crippen molar-refractivity contribution < 1.29 is 4.79 Å². The van der Waals surface area contributed by atoms with Gasteiger partial charge in [-0.3, -0.25) is 9.69 Å². The third-order valence-corrected chi connectivity index (χ3v) is 6.83. The normalized spacial score (nSPS) is 17.2. The number of allylic oxidation sites excluding steroid dienone is 2. The Morgan fingerprint density at radius 3 is 2.30 bits per heavy atom. The van der Waals surface area contributed by atoms with Crippen molar-refractivity contribution in [3.8, 4) is 5.69 Å². The van der Waals surface area contributed by atoms with Crippen LogP contribution in [0.4, 0.5) is 5.69 Å². The predicted molar refractivity (Wildman–Crippen MR) is 154 cm³/mol. The number of anilines is 1. The van der Waals surface area contributed by atoms with Crippen LogP contribution >= 0.6 is 0 Å². The number of hydrogen-bond acceptors (Lipinski definition) is 3. The molecule has 0 radical (unpaired) electrons. The van der Waals surface area contributed by atoms with Crippen molar-refractivity contribution in [1.29, 1.82) is 0 Å². The molecule has 0 bridgehead atoms. The van der Waals surface area contributed by atoms with Crippen molar-refractivity contribution >= 4 is 34.6 Å². The molecule has 2 heterocycles. The second-order valence-corrected chi connectivity index (χ2v) is 9.20. The third kappa shape index (κ3) is 4.45. The van der Waals surface area contributed by atoms with Gasteiger partial charge in [-0.2, -0.15) is 0 Å². The number of benzene rings is 3. The monoisotopic (exact) mass is 488 g/mol. The number of hydrogen-bond donors (Lipinski definition) is 1. The Morgan fingerprint density at radius 2 is 1.62 bits per heavy atom. The molecule has 1 saturated heterocycles. The first-order chi connectivity index (χ1) is 18.0. The number of carbonyl (C=O) groups excluding carboxylic acids is 1. The van der Waals surface area contributed by atoms with Crippen LogP contribution < -0.4 is 5.32 Å². The molecule has 1 fully saturated rings. The summed E-state index contributed by atoms with van der Waals surface area (Å²) in [5, 5.41) is 4.64. The first kappa shape index (κ1) is 24.2. The maximum absolute atomic E-state index is 13.4. The van der Waals surface area contributed by atoms with E-state index in [1.807, 2.05) is 91.4 Å². The van der Waals surface area contributed by atoms with Gasteiger partial charge in [-0.15, -0.1) is 0 Å². The summed E-state index contributed by atoms with van der Waals surface area (Å²) < 4.78 is 2.24. The molecule has 5 rings (SSSR count). The van der Waals surface area contributed by atoms with Gasteiger partial charge in [-0.1, -0.05) is 61.2 Å². The van der Waals surface area contributed by atoms with E-state index < -0.39 is 0 Å². The van der Waals surface area contributed by atoms with Crippen LogP contribution in [0.25, 0.3) is 28.7 Å². The number of fused-ring (bicyclic) bond motifs is 1. The maximum Gasteiger partial charge on any atom is 0.273 e. The molecule has 1 aliphatic rings. The lowest BCUT2D eigenvalue weighted by Crippen LogP contribution is -2.43. The predicted octanol–water partition coefficient (Wildman–Crippen LogP) is 6.75. The van der Waals surface area contributed by atoms with Crippen LogP contribution in [-0.4, -0.2) is 40.2 Å². The SMILES string of the molecule is C=Cc1c(/C=C(C)/C=C2\C(=O)N(CC)[C@@H](Nc3ccccc3)N2C)c2ccccc2n1-c1ccccc1. The molecular weight excluding hydrogens is 456 g/mol. The van der Waals surface area contributed by atoms with Gasteiger partial charge in [0.2, 0.25) is 0 Å². The molecule has 0 saturated carbocycles. The fraction of sp³-hybridized carbons (Fsp3) is 0.156. The number of amides is 1. The van der Waals surface area contributed by atoms with Gasteiger partial charge >= 0.3 is 0 Å². The zero-order valence-corrected chi connectivity index (χ0v) is 21.6. The summed E-state index contributed by atoms with van der Waals surface area (Å²) in [6.45, 7) is 8.80. The first-order valence-corrected chi connectivity index (χ1v) is 12.6. The minimum Gasteiger partial charge on any atom is -0.348 e. The minimum atomic E-state index is -0.248. The molecule has 1 atom stereocenters. The van der Waals surface area contributed by atoms with E-state index in [1.54, 1.807) is 0 Å². The van der Waals surface area contributed by atoms with Crippen molar-refractivity contribution in [1.82, 2.24) is 14.4 Å². The highest BCUT2D eigenvalue weighted by Gasteiger charge is 2.38. The van der Waals surface area contributed by atoms with Crippen molar-refractivity contribution in [3.63, 3.8) is 0 Å². The van der Waals surface area contributed by atoms with E-state index in [-0.39, 0.29) is 12.2 Å². The Morgan fingerprint density at radius 1 is 0.973 bits per heavy atom. The molecule has 3 aromatic carbocycles. The summed E-state index contributed by atoms with van der Waals surface area (Å²) >= 11 is 0. The van der Waals surface area contributed by atoms with Crippen LogP contribution in [0.5, 0.6) is 0 Å². The molecule has 1 amide bonds. The van der Waals surface area contributed by atoms with Crippen LogP contribution in [0.3, 0.4) is 0 Å². The van der Waals surface area contributed by atoms with E-state index in [9.17, 15) is 4.79 Å². The topological polar surface area (TPSA) is 40.5 Å². The summed E-state index contributed by atoms with van der Waals surface area (Å²) in [5.74, 6) is 0.0156. The lowest BCUT2D eigenvalue weighted by Gasteiger charge is -2.29. The second-order valence-electron chi connectivity index (χ2n) is 9.20. The summed E-state index contributed by atoms with van der Waals surface area (Å²) in [6, 6.07) is 28.7. The summed E-state index contributed by atoms with van der Waals surface area (Å²) in [5.41, 5.74) is 6.94. The number of carbonyl (C=O) groups is 1. The molecule has 5 nitrogen and oxygen atoms in total. The Balaban J connectivity index is 1.56. The second kappa shape index (κ2) is 10.2. The fourth-order valence-electron chi connectivity index (χ4n) is 5.07. The zero-order chi connectivity index (χ0) is 25.9. The number of nitrogens with one attached hydrogen (secondary N) is 1. The molecule has 5 heteroatoms. The van der Waals surface area contributed by atoms with Gasteiger partial charge in [0.05, 0.1) is 11.2 Å². The van der Waals surface area contributed by atoms with Gasteiger partial charge < -0.3 is 14.8 Å². The van der Waals surface area contributed by atoms with Crippen molar-refractivity contribution in [2.75, 3.05) is 18.9 Å². The van der Waals surface area contributed by atoms with Gasteiger partial charge in [0.1, 0.15) is 5.70 Å². The third-order valence-electron chi connectivity index (χ3n) is 6.83. The number of para-hydroxylation sites is 3. The minimum absolute atomic E-state index is 0.0156. The molecule has 0 aliphatic carbocycles. The Bertz CT molecular complexity index is 1500. The Kier molecular flexibility index (Phi) is 6.69. The van der Waals surface area contributed by atoms with Crippen LogP contribution in [0.2, 0.25) is 0 Å². The lowest BCUT2D eigenvalue weighted by atomic mass is 10.1. The van der Waals surface area contributed by atoms with Crippen LogP contribution in [0.1, 0.15) is 25.1 Å². The quantitative estimate of drug-likeness (QED) is 0.293. The van der Waals surface area contributed by atoms with E-state index in [2.05, 4.69) is 58.9 Å². The number of rotatable bonds is 7. The molecule has 4 aromatic rings. The van der Waals surface area contributed by atoms with Gasteiger partial charge in [0.25, 0.3) is 5.91 Å². The zero-order valence-electron chi connectivity index (χ0n) is 21.6. The summed E-state index contributed by atoms with van der Waals surface area (Å²) in [4.78, 5) is 17.3. The van der Waals surface area contributed by atoms with Gasteiger partial charge in [0, 0.05) is 35.9 Å². The van der Waals surface area contributed by atoms with E-state index in [0.717, 1.165) is 39.1 Å². The average molecular weight is 489 g/mol. The van der Waals surface area contributed by atoms with E-state index >= 15 is 0 Å². The van der Waals surface area contributed by atoms with Crippen LogP contribution in [-0.2, 0) is 4.79 Å². The standard InChI is InChI=1S/C32H32N4O/c1-5-28-27(26-19-13-14-20-29(26)36(28)25-17-11-8-12-18-25)21-23(3)22-30-31(37)35(6-2)32(34(30)4)33-24-15-9-7-10-16-24/h5,7-22,32-33H,1,6H2,2-4H3/b23-21+,30-22+/t32-/m0/s1. The van der Waals surface area contributed by atoms with Gasteiger partial charge in [0.15, 0.2) is 6.29 Å². The fourth-order valence-corrected chi connectivity index (χ4v) is 5.07. The largest absolute Gasteiger partial charge is 0.348 e. The highest BCUT2D eigenvalue weighted by molar-refractivity contribution is 5.98. The Hall–Kier alpha value is -4.51. The highest BCUT2D eigenvalue weighted by Crippen LogP contribution is 2.33. The molecule has 37 heavy (non-hydrogen) atoms. The smallest absolute Gasteiger partial charge is 0.273 e. The number of nitrogens with zero attached hydrogens (tertiary/aromatic N) is 3. The molecule has 186 valence electrons. The van der Waals surface area contributed by atoms with Gasteiger partial charge in [-0.05, 0) is 68.0 Å². The van der Waals surface area contributed by atoms with Crippen molar-refractivity contribution in [2.24, 2.45) is 0 Å². The van der Waals surface area contributed by atoms with Crippen molar-refractivity contribution in [2.45, 2.75) is 20.1 Å². The Labute approximate surface area is 218 Å². The highest BCUT2D eigenvalue weighted by atomic mass is 16.2. The van der Waals surface area contributed by atoms with E-state index in [0.29, 0.717) is 12.2 Å². The molecule has 0 unspecified atom stereocenters. The van der Waals surface area contributed by atoms with E-state index in [4.69, 9.17) is 0 Å². The van der Waals surface area contributed by atoms with Crippen molar-refractivity contribution in [3.05, 3.63) is 120 Å². The van der Waals surface area contributed by atoms with Crippen LogP contribution in [0, 0.1) is 0 Å². The molecular formula is C32H32N4O. The molecule has 0 spiro atoms. The first-order valence-electron chi connectivity index (χ1n) is 12.6. The van der Waals surface area contributed by atoms with E-state index in [1.165, 1.54) is 0 Å². The number of likely N-dealkylation sites (N-methyl/N-ethyl adjacent to an activating group) is 2. The summed E-state index contributed by atoms with van der Waals surface area (Å²) in [6.07, 6.45) is 5.80. The van der Waals surface area contributed by atoms with Gasteiger partial charge in [-0.25, -0.2) is 0 Å². The summed E-state index contributed by atoms with van der Waals surface area (Å²) in [7, 11) is 1.96. The molecule has 1 aliphatic heterocycles. The average Bonchev–Trinajstić information content (AvgIpc) is 3.36. The lowest BCUT2D eigenvalue weighted by molar-refractivity contribution is -0.125. The molecule has 1 N–H and O–H groups in total. The molecule has 1 aromatic heterocycles. The van der Waals surface area contributed by atoms with Crippen LogP contribution in [0.15, 0.2) is 109 Å². The maximum atomic E-state index is 13.4. The number of aromatic nitrogens is 1.